The van der Waals surface area contributed by atoms with E-state index in [0.717, 1.165) is 0 Å². The van der Waals surface area contributed by atoms with Gasteiger partial charge in [-0.15, -0.1) is 0 Å². The minimum atomic E-state index is -0.917. The maximum absolute atomic E-state index is 11.6. The number of carboxylic acids is 1. The monoisotopic (exact) mass is 220 g/mol. The summed E-state index contributed by atoms with van der Waals surface area (Å²) in [5.41, 5.74) is 6.63. The number of anilines is 1. The van der Waals surface area contributed by atoms with Crippen molar-refractivity contribution in [3.8, 4) is 0 Å². The Morgan fingerprint density at radius 2 is 2.12 bits per heavy atom. The highest BCUT2D eigenvalue weighted by Crippen LogP contribution is 2.35. The van der Waals surface area contributed by atoms with E-state index in [1.807, 2.05) is 0 Å². The molecule has 1 atom stereocenters. The number of carbonyl (C=O) groups excluding carboxylic acids is 1. The minimum absolute atomic E-state index is 0.110. The van der Waals surface area contributed by atoms with Crippen molar-refractivity contribution in [1.29, 1.82) is 0 Å². The molecule has 1 aromatic carbocycles. The van der Waals surface area contributed by atoms with Gasteiger partial charge in [-0.05, 0) is 11.6 Å². The van der Waals surface area contributed by atoms with Crippen LogP contribution in [0.1, 0.15) is 11.5 Å². The third-order valence-electron chi connectivity index (χ3n) is 2.74. The summed E-state index contributed by atoms with van der Waals surface area (Å²) in [6.07, 6.45) is 0. The summed E-state index contributed by atoms with van der Waals surface area (Å²) in [6, 6.07) is 7.02. The number of hydrogen-bond donors (Lipinski definition) is 2. The molecule has 5 heteroatoms. The minimum Gasteiger partial charge on any atom is -0.481 e. The number of amides is 1. The highest BCUT2D eigenvalue weighted by molar-refractivity contribution is 5.99. The van der Waals surface area contributed by atoms with Crippen molar-refractivity contribution in [3.05, 3.63) is 29.8 Å². The number of aliphatic carboxylic acids is 1. The summed E-state index contributed by atoms with van der Waals surface area (Å²) < 4.78 is 0. The summed E-state index contributed by atoms with van der Waals surface area (Å²) in [4.78, 5) is 24.0. The first-order valence-corrected chi connectivity index (χ1v) is 4.97. The zero-order chi connectivity index (χ0) is 11.7. The van der Waals surface area contributed by atoms with Gasteiger partial charge in [-0.1, -0.05) is 18.2 Å². The predicted molar refractivity (Wildman–Crippen MR) is 58.2 cm³/mol. The topological polar surface area (TPSA) is 83.6 Å². The molecule has 1 amide bonds. The van der Waals surface area contributed by atoms with Crippen molar-refractivity contribution in [3.63, 3.8) is 0 Å². The van der Waals surface area contributed by atoms with Gasteiger partial charge in [-0.2, -0.15) is 0 Å². The molecule has 1 aromatic rings. The summed E-state index contributed by atoms with van der Waals surface area (Å²) in [5.74, 6) is -1.82. The van der Waals surface area contributed by atoms with Gasteiger partial charge >= 0.3 is 5.97 Å². The summed E-state index contributed by atoms with van der Waals surface area (Å²) in [6.45, 7) is 0.0609. The van der Waals surface area contributed by atoms with Crippen LogP contribution >= 0.6 is 0 Å². The molecule has 84 valence electrons. The average Bonchev–Trinajstić information content (AvgIpc) is 2.67. The highest BCUT2D eigenvalue weighted by Gasteiger charge is 2.35. The number of benzene rings is 1. The van der Waals surface area contributed by atoms with Crippen LogP contribution in [0.5, 0.6) is 0 Å². The molecule has 0 saturated heterocycles. The molecule has 3 N–H and O–H groups in total. The van der Waals surface area contributed by atoms with Crippen LogP contribution < -0.4 is 10.6 Å². The molecule has 0 radical (unpaired) electrons. The van der Waals surface area contributed by atoms with Gasteiger partial charge in [0, 0.05) is 12.2 Å². The fourth-order valence-corrected chi connectivity index (χ4v) is 1.96. The molecule has 0 saturated carbocycles. The van der Waals surface area contributed by atoms with Crippen LogP contribution in [-0.2, 0) is 9.59 Å². The first-order valence-electron chi connectivity index (χ1n) is 4.97. The molecule has 2 rings (SSSR count). The molecule has 16 heavy (non-hydrogen) atoms. The highest BCUT2D eigenvalue weighted by atomic mass is 16.4. The molecule has 1 heterocycles. The summed E-state index contributed by atoms with van der Waals surface area (Å²) in [7, 11) is 0. The number of carbonyl (C=O) groups is 2. The third kappa shape index (κ3) is 1.55. The van der Waals surface area contributed by atoms with Gasteiger partial charge in [0.2, 0.25) is 5.91 Å². The second-order valence-electron chi connectivity index (χ2n) is 3.66. The van der Waals surface area contributed by atoms with Gasteiger partial charge in [0.25, 0.3) is 0 Å². The predicted octanol–water partition coefficient (Wildman–Crippen LogP) is 0.160. The Labute approximate surface area is 92.5 Å². The Hall–Kier alpha value is -1.88. The third-order valence-corrected chi connectivity index (χ3v) is 2.74. The van der Waals surface area contributed by atoms with Gasteiger partial charge < -0.3 is 15.7 Å². The number of para-hydroxylation sites is 1. The van der Waals surface area contributed by atoms with Crippen LogP contribution in [0.2, 0.25) is 0 Å². The van der Waals surface area contributed by atoms with E-state index < -0.39 is 11.9 Å². The largest absolute Gasteiger partial charge is 0.481 e. The maximum atomic E-state index is 11.6. The van der Waals surface area contributed by atoms with Gasteiger partial charge in [0.05, 0.1) is 6.54 Å². The van der Waals surface area contributed by atoms with Crippen LogP contribution in [0, 0.1) is 0 Å². The van der Waals surface area contributed by atoms with Crippen molar-refractivity contribution < 1.29 is 14.7 Å². The van der Waals surface area contributed by atoms with E-state index in [0.29, 0.717) is 11.3 Å². The molecular formula is C11H12N2O3. The van der Waals surface area contributed by atoms with Crippen molar-refractivity contribution in [2.24, 2.45) is 5.73 Å². The lowest BCUT2D eigenvalue weighted by molar-refractivity contribution is -0.138. The summed E-state index contributed by atoms with van der Waals surface area (Å²) in [5, 5.41) is 9.06. The molecule has 0 bridgehead atoms. The Balaban J connectivity index is 2.43. The molecule has 5 nitrogen and oxygen atoms in total. The van der Waals surface area contributed by atoms with Gasteiger partial charge in [-0.3, -0.25) is 9.59 Å². The van der Waals surface area contributed by atoms with Crippen molar-refractivity contribution in [2.75, 3.05) is 18.0 Å². The van der Waals surface area contributed by atoms with Crippen molar-refractivity contribution >= 4 is 17.6 Å². The molecule has 1 unspecified atom stereocenters. The van der Waals surface area contributed by atoms with Crippen LogP contribution in [0.4, 0.5) is 5.69 Å². The first-order chi connectivity index (χ1) is 7.65. The lowest BCUT2D eigenvalue weighted by atomic mass is 10.0. The number of carboxylic acid groups (broad SMARTS) is 1. The molecule has 1 aliphatic heterocycles. The Bertz CT molecular complexity index is 445. The maximum Gasteiger partial charge on any atom is 0.312 e. The van der Waals surface area contributed by atoms with Gasteiger partial charge in [0.1, 0.15) is 5.92 Å². The number of hydrogen-bond acceptors (Lipinski definition) is 3. The van der Waals surface area contributed by atoms with E-state index >= 15 is 0 Å². The standard InChI is InChI=1S/C11H12N2O3/c12-5-10(14)13-6-8(11(15)16)7-3-1-2-4-9(7)13/h1-4,8H,5-6,12H2,(H,15,16). The van der Waals surface area contributed by atoms with Crippen molar-refractivity contribution in [1.82, 2.24) is 0 Å². The fraction of sp³-hybridized carbons (Fsp3) is 0.273. The Kier molecular flexibility index (Phi) is 2.62. The van der Waals surface area contributed by atoms with E-state index in [1.54, 1.807) is 24.3 Å². The summed E-state index contributed by atoms with van der Waals surface area (Å²) >= 11 is 0. The Morgan fingerprint density at radius 1 is 1.44 bits per heavy atom. The quantitative estimate of drug-likeness (QED) is 0.743. The lowest BCUT2D eigenvalue weighted by Crippen LogP contribution is -2.35. The smallest absolute Gasteiger partial charge is 0.312 e. The zero-order valence-corrected chi connectivity index (χ0v) is 8.59. The second-order valence-corrected chi connectivity index (χ2v) is 3.66. The number of rotatable bonds is 2. The van der Waals surface area contributed by atoms with Crippen molar-refractivity contribution in [2.45, 2.75) is 5.92 Å². The normalized spacial score (nSPS) is 18.3. The van der Waals surface area contributed by atoms with Crippen LogP contribution in [0.15, 0.2) is 24.3 Å². The molecule has 0 spiro atoms. The van der Waals surface area contributed by atoms with E-state index in [2.05, 4.69) is 0 Å². The second kappa shape index (κ2) is 3.94. The zero-order valence-electron chi connectivity index (χ0n) is 8.59. The first kappa shape index (κ1) is 10.6. The van der Waals surface area contributed by atoms with E-state index in [9.17, 15) is 9.59 Å². The fourth-order valence-electron chi connectivity index (χ4n) is 1.96. The number of nitrogens with two attached hydrogens (primary N) is 1. The molecule has 0 aliphatic carbocycles. The van der Waals surface area contributed by atoms with E-state index in [4.69, 9.17) is 10.8 Å². The van der Waals surface area contributed by atoms with Gasteiger partial charge in [-0.25, -0.2) is 0 Å². The SMILES string of the molecule is NCC(=O)N1CC(C(=O)O)c2ccccc21. The Morgan fingerprint density at radius 3 is 2.75 bits per heavy atom. The number of nitrogens with zero attached hydrogens (tertiary/aromatic N) is 1. The number of fused-ring (bicyclic) bond motifs is 1. The van der Waals surface area contributed by atoms with E-state index in [1.165, 1.54) is 4.90 Å². The molecule has 0 fully saturated rings. The van der Waals surface area contributed by atoms with Crippen LogP contribution in [0.25, 0.3) is 0 Å². The molecule has 1 aliphatic rings. The van der Waals surface area contributed by atoms with Crippen LogP contribution in [0.3, 0.4) is 0 Å². The van der Waals surface area contributed by atoms with Gasteiger partial charge in [0.15, 0.2) is 0 Å². The molecular weight excluding hydrogens is 208 g/mol. The van der Waals surface area contributed by atoms with Crippen LogP contribution in [-0.4, -0.2) is 30.1 Å². The average molecular weight is 220 g/mol. The van der Waals surface area contributed by atoms with E-state index in [-0.39, 0.29) is 19.0 Å². The molecule has 0 aromatic heterocycles. The lowest BCUT2D eigenvalue weighted by Gasteiger charge is -2.15.